The van der Waals surface area contributed by atoms with Crippen molar-refractivity contribution in [2.24, 2.45) is 0 Å². The van der Waals surface area contributed by atoms with Gasteiger partial charge in [0.1, 0.15) is 17.1 Å². The van der Waals surface area contributed by atoms with Crippen molar-refractivity contribution in [3.8, 4) is 0 Å². The van der Waals surface area contributed by atoms with Crippen LogP contribution < -0.4 is 15.4 Å². The number of nitrogens with zero attached hydrogens (tertiary/aromatic N) is 1. The number of carbonyl (C=O) groups excluding carboxylic acids is 2. The van der Waals surface area contributed by atoms with E-state index in [-0.39, 0.29) is 32.0 Å². The second kappa shape index (κ2) is 11.5. The quantitative estimate of drug-likeness (QED) is 0.137. The van der Waals surface area contributed by atoms with E-state index in [9.17, 15) is 14.1 Å². The number of rotatable bonds is 8. The van der Waals surface area contributed by atoms with Crippen LogP contribution in [0.1, 0.15) is 35.1 Å². The molecule has 3 rings (SSSR count). The number of aliphatic hydroxyl groups is 2. The molecule has 0 heterocycles. The van der Waals surface area contributed by atoms with Gasteiger partial charge in [-0.3, -0.25) is 10.2 Å². The maximum absolute atomic E-state index is 12.6. The summed E-state index contributed by atoms with van der Waals surface area (Å²) in [5.41, 5.74) is 5.57. The highest BCUT2D eigenvalue weighted by atomic mass is 32.2. The lowest BCUT2D eigenvalue weighted by Gasteiger charge is -2.22. The summed E-state index contributed by atoms with van der Waals surface area (Å²) < 4.78 is 14.8. The predicted molar refractivity (Wildman–Crippen MR) is 126 cm³/mol. The molecule has 0 aromatic heterocycles. The molecular weight excluding hydrogens is 446 g/mol. The molecule has 33 heavy (non-hydrogen) atoms. The van der Waals surface area contributed by atoms with E-state index in [0.717, 1.165) is 61.4 Å². The third kappa shape index (κ3) is 5.85. The molecule has 180 valence electrons. The van der Waals surface area contributed by atoms with E-state index in [2.05, 4.69) is 21.4 Å². The zero-order chi connectivity index (χ0) is 24.0. The number of benzene rings is 1. The van der Waals surface area contributed by atoms with E-state index in [1.807, 2.05) is 0 Å². The lowest BCUT2D eigenvalue weighted by atomic mass is 9.99. The molecule has 0 bridgehead atoms. The van der Waals surface area contributed by atoms with Gasteiger partial charge in [0.05, 0.1) is 13.2 Å². The molecule has 1 atom stereocenters. The summed E-state index contributed by atoms with van der Waals surface area (Å²) in [5, 5.41) is 31.3. The van der Waals surface area contributed by atoms with Crippen LogP contribution in [0.25, 0.3) is 0 Å². The Morgan fingerprint density at radius 2 is 1.70 bits per heavy atom. The van der Waals surface area contributed by atoms with Crippen LogP contribution in [0.4, 0.5) is 10.5 Å². The first-order chi connectivity index (χ1) is 15.9. The number of aryl methyl sites for hydroxylation is 2. The molecule has 2 aliphatic carbocycles. The molecule has 0 fully saturated rings. The molecule has 0 aliphatic heterocycles. The summed E-state index contributed by atoms with van der Waals surface area (Å²) in [6.07, 6.45) is 6.92. The molecule has 11 heteroatoms. The lowest BCUT2D eigenvalue weighted by Crippen LogP contribution is -2.41. The van der Waals surface area contributed by atoms with Crippen LogP contribution in [-0.2, 0) is 41.8 Å². The number of anilines is 1. The van der Waals surface area contributed by atoms with Gasteiger partial charge in [-0.05, 0) is 60.8 Å². The minimum Gasteiger partial charge on any atom is -0.586 e. The van der Waals surface area contributed by atoms with Gasteiger partial charge in [0.15, 0.2) is 0 Å². The monoisotopic (exact) mass is 477 g/mol. The topological polar surface area (TPSA) is 161 Å². The van der Waals surface area contributed by atoms with Crippen molar-refractivity contribution in [2.45, 2.75) is 38.5 Å². The van der Waals surface area contributed by atoms with Crippen molar-refractivity contribution in [1.29, 1.82) is 5.41 Å². The zero-order valence-corrected chi connectivity index (χ0v) is 19.5. The predicted octanol–water partition coefficient (Wildman–Crippen LogP) is 0.343. The number of hydrogen-bond acceptors (Lipinski definition) is 7. The normalized spacial score (nSPS) is 15.5. The van der Waals surface area contributed by atoms with Gasteiger partial charge in [-0.1, -0.05) is 6.07 Å². The van der Waals surface area contributed by atoms with Crippen LogP contribution in [0.2, 0.25) is 0 Å². The number of hydrogen-bond donors (Lipinski definition) is 6. The highest BCUT2D eigenvalue weighted by molar-refractivity contribution is 8.05. The third-order valence-electron chi connectivity index (χ3n) is 5.90. The van der Waals surface area contributed by atoms with Gasteiger partial charge in [0.2, 0.25) is 0 Å². The van der Waals surface area contributed by atoms with Gasteiger partial charge in [-0.25, -0.2) is 4.79 Å². The average molecular weight is 478 g/mol. The summed E-state index contributed by atoms with van der Waals surface area (Å²) in [6, 6.07) is 1.58. The van der Waals surface area contributed by atoms with Crippen LogP contribution in [0.3, 0.4) is 0 Å². The molecule has 0 saturated carbocycles. The smallest absolute Gasteiger partial charge is 0.361 e. The summed E-state index contributed by atoms with van der Waals surface area (Å²) in [7, 11) is 1.46. The number of nitrogens with one attached hydrogen (secondary N) is 4. The number of likely N-dealkylation sites (N-methyl/N-ethyl adjacent to an activating group) is 1. The largest absolute Gasteiger partial charge is 0.586 e. The van der Waals surface area contributed by atoms with E-state index in [4.69, 9.17) is 15.6 Å². The Kier molecular flexibility index (Phi) is 8.73. The minimum absolute atomic E-state index is 0.00120. The maximum atomic E-state index is 12.6. The molecule has 1 unspecified atom stereocenters. The fraction of sp³-hybridized carbons (Fsp3) is 0.500. The standard InChI is InChI=1S/C22H31N5O5S/c1-24-18(21(30)27(8-10-28)9-11-29)13-19(23)33(32)26-22(31)25-20-16-6-2-4-14(16)12-15-5-3-7-17(15)20/h12-13,23-24,28-29H,2-11H2,1H3,(H2,25,26,31)/b18-13-,23-19?. The Bertz CT molecular complexity index is 913. The molecular formula is C22H31N5O5S. The zero-order valence-electron chi connectivity index (χ0n) is 18.7. The summed E-state index contributed by atoms with van der Waals surface area (Å²) >= 11 is -2.19. The fourth-order valence-corrected chi connectivity index (χ4v) is 4.95. The summed E-state index contributed by atoms with van der Waals surface area (Å²) in [6.45, 7) is -0.579. The number of fused-ring (bicyclic) bond motifs is 2. The average Bonchev–Trinajstić information content (AvgIpc) is 3.45. The summed E-state index contributed by atoms with van der Waals surface area (Å²) in [4.78, 5) is 26.4. The first-order valence-corrected chi connectivity index (χ1v) is 12.2. The van der Waals surface area contributed by atoms with Gasteiger partial charge in [0.25, 0.3) is 11.0 Å². The first kappa shape index (κ1) is 25.0. The second-order valence-corrected chi connectivity index (χ2v) is 9.15. The highest BCUT2D eigenvalue weighted by Crippen LogP contribution is 2.38. The van der Waals surface area contributed by atoms with Gasteiger partial charge >= 0.3 is 6.03 Å². The molecule has 0 radical (unpaired) electrons. The molecule has 2 aliphatic rings. The number of aliphatic hydroxyl groups excluding tert-OH is 2. The van der Waals surface area contributed by atoms with Crippen LogP contribution in [0.5, 0.6) is 0 Å². The van der Waals surface area contributed by atoms with E-state index >= 15 is 0 Å². The Hall–Kier alpha value is -2.60. The highest BCUT2D eigenvalue weighted by Gasteiger charge is 2.27. The van der Waals surface area contributed by atoms with E-state index in [1.165, 1.54) is 23.1 Å². The Balaban J connectivity index is 1.67. The van der Waals surface area contributed by atoms with E-state index < -0.39 is 28.3 Å². The van der Waals surface area contributed by atoms with E-state index in [1.54, 1.807) is 0 Å². The number of amides is 3. The van der Waals surface area contributed by atoms with Gasteiger partial charge in [0, 0.05) is 31.9 Å². The SMILES string of the molecule is CN/C(=C\C(=N)[S+]([O-])NC(=O)Nc1c2c(cc3c1CCC3)CCC2)C(=O)N(CCO)CCO. The van der Waals surface area contributed by atoms with Crippen molar-refractivity contribution in [3.63, 3.8) is 0 Å². The molecule has 0 spiro atoms. The van der Waals surface area contributed by atoms with Gasteiger partial charge < -0.3 is 30.3 Å². The Morgan fingerprint density at radius 3 is 2.21 bits per heavy atom. The summed E-state index contributed by atoms with van der Waals surface area (Å²) in [5.74, 6) is -0.567. The molecule has 0 saturated heterocycles. The van der Waals surface area contributed by atoms with Crippen molar-refractivity contribution >= 4 is 34.0 Å². The number of urea groups is 1. The second-order valence-electron chi connectivity index (χ2n) is 7.97. The van der Waals surface area contributed by atoms with Gasteiger partial charge in [-0.15, -0.1) is 4.72 Å². The van der Waals surface area contributed by atoms with Crippen molar-refractivity contribution in [1.82, 2.24) is 14.9 Å². The maximum Gasteiger partial charge on any atom is 0.361 e. The van der Waals surface area contributed by atoms with Gasteiger partial charge in [-0.2, -0.15) is 0 Å². The van der Waals surface area contributed by atoms with Crippen molar-refractivity contribution in [3.05, 3.63) is 40.1 Å². The van der Waals surface area contributed by atoms with Crippen LogP contribution >= 0.6 is 0 Å². The molecule has 10 nitrogen and oxygen atoms in total. The Labute approximate surface area is 196 Å². The first-order valence-electron chi connectivity index (χ1n) is 11.0. The Morgan fingerprint density at radius 1 is 1.12 bits per heavy atom. The van der Waals surface area contributed by atoms with Crippen molar-refractivity contribution < 1.29 is 24.4 Å². The lowest BCUT2D eigenvalue weighted by molar-refractivity contribution is -0.128. The van der Waals surface area contributed by atoms with Crippen LogP contribution in [0.15, 0.2) is 17.8 Å². The minimum atomic E-state index is -2.19. The molecule has 6 N–H and O–H groups in total. The van der Waals surface area contributed by atoms with E-state index in [0.29, 0.717) is 0 Å². The fourth-order valence-electron chi connectivity index (χ4n) is 4.40. The molecule has 3 amide bonds. The molecule has 1 aromatic carbocycles. The molecule has 1 aromatic rings. The third-order valence-corrected chi connectivity index (χ3v) is 6.79. The van der Waals surface area contributed by atoms with Crippen LogP contribution in [-0.4, -0.2) is 70.0 Å². The van der Waals surface area contributed by atoms with Crippen LogP contribution in [0, 0.1) is 5.41 Å². The van der Waals surface area contributed by atoms with Crippen molar-refractivity contribution in [2.75, 3.05) is 38.7 Å². The number of carbonyl (C=O) groups is 2.